The average Bonchev–Trinajstić information content (AvgIpc) is 1.85. The monoisotopic (exact) mass is 294 g/mol. The van der Waals surface area contributed by atoms with Gasteiger partial charge in [0.15, 0.2) is 0 Å². The zero-order valence-corrected chi connectivity index (χ0v) is 9.33. The molecular formula is C6H4Br2N2S. The molecule has 0 unspecified atom stereocenters. The van der Waals surface area contributed by atoms with E-state index < -0.39 is 0 Å². The van der Waals surface area contributed by atoms with Crippen molar-refractivity contribution in [3.8, 4) is 0 Å². The Balaban J connectivity index is 3.20. The molecule has 0 aromatic carbocycles. The van der Waals surface area contributed by atoms with Crippen molar-refractivity contribution in [2.24, 2.45) is 5.73 Å². The van der Waals surface area contributed by atoms with Gasteiger partial charge in [-0.3, -0.25) is 4.98 Å². The fraction of sp³-hybridized carbons (Fsp3) is 0. The summed E-state index contributed by atoms with van der Waals surface area (Å²) in [5, 5.41) is 0. The number of hydrogen-bond donors (Lipinski definition) is 1. The normalized spacial score (nSPS) is 9.64. The molecule has 11 heavy (non-hydrogen) atoms. The Kier molecular flexibility index (Phi) is 2.98. The quantitative estimate of drug-likeness (QED) is 0.808. The second-order valence-electron chi connectivity index (χ2n) is 1.85. The topological polar surface area (TPSA) is 38.9 Å². The minimum absolute atomic E-state index is 0.296. The molecule has 0 aliphatic carbocycles. The highest BCUT2D eigenvalue weighted by Crippen LogP contribution is 2.19. The van der Waals surface area contributed by atoms with Crippen LogP contribution < -0.4 is 5.73 Å². The molecule has 0 atom stereocenters. The van der Waals surface area contributed by atoms with Gasteiger partial charge in [0.05, 0.1) is 0 Å². The van der Waals surface area contributed by atoms with Gasteiger partial charge in [0.2, 0.25) is 0 Å². The molecule has 0 aliphatic heterocycles. The molecule has 1 rings (SSSR count). The van der Waals surface area contributed by atoms with Gasteiger partial charge in [-0.15, -0.1) is 0 Å². The van der Waals surface area contributed by atoms with E-state index in [1.54, 1.807) is 6.20 Å². The molecule has 0 bridgehead atoms. The second-order valence-corrected chi connectivity index (χ2v) is 4.06. The third kappa shape index (κ3) is 2.21. The molecule has 1 aromatic heterocycles. The average molecular weight is 296 g/mol. The summed E-state index contributed by atoms with van der Waals surface area (Å²) in [6.07, 6.45) is 1.65. The third-order valence-corrected chi connectivity index (χ3v) is 2.27. The maximum atomic E-state index is 5.39. The van der Waals surface area contributed by atoms with Gasteiger partial charge in [-0.05, 0) is 37.9 Å². The maximum Gasteiger partial charge on any atom is 0.123 e. The van der Waals surface area contributed by atoms with Crippen LogP contribution in [-0.2, 0) is 0 Å². The van der Waals surface area contributed by atoms with Crippen LogP contribution in [0.1, 0.15) is 5.69 Å². The summed E-state index contributed by atoms with van der Waals surface area (Å²) in [5.41, 5.74) is 6.00. The van der Waals surface area contributed by atoms with Crippen LogP contribution in [0.15, 0.2) is 21.2 Å². The highest BCUT2D eigenvalue weighted by molar-refractivity contribution is 9.11. The highest BCUT2D eigenvalue weighted by atomic mass is 79.9. The van der Waals surface area contributed by atoms with E-state index in [0.717, 1.165) is 8.95 Å². The van der Waals surface area contributed by atoms with E-state index in [-0.39, 0.29) is 0 Å². The van der Waals surface area contributed by atoms with Gasteiger partial charge in [0, 0.05) is 15.1 Å². The predicted molar refractivity (Wildman–Crippen MR) is 55.5 cm³/mol. The number of thiocarbonyl (C=S) groups is 1. The summed E-state index contributed by atoms with van der Waals surface area (Å²) in [6.45, 7) is 0. The van der Waals surface area contributed by atoms with E-state index in [9.17, 15) is 0 Å². The van der Waals surface area contributed by atoms with Crippen LogP contribution in [0, 0.1) is 0 Å². The first kappa shape index (κ1) is 9.09. The van der Waals surface area contributed by atoms with Gasteiger partial charge >= 0.3 is 0 Å². The van der Waals surface area contributed by atoms with Gasteiger partial charge in [-0.25, -0.2) is 0 Å². The fourth-order valence-electron chi connectivity index (χ4n) is 0.596. The van der Waals surface area contributed by atoms with Crippen LogP contribution >= 0.6 is 44.1 Å². The Morgan fingerprint density at radius 3 is 2.64 bits per heavy atom. The Morgan fingerprint density at radius 2 is 2.18 bits per heavy atom. The van der Waals surface area contributed by atoms with E-state index in [1.165, 1.54) is 0 Å². The van der Waals surface area contributed by atoms with Crippen molar-refractivity contribution in [3.05, 3.63) is 26.9 Å². The Morgan fingerprint density at radius 1 is 1.55 bits per heavy atom. The van der Waals surface area contributed by atoms with Crippen molar-refractivity contribution in [2.45, 2.75) is 0 Å². The van der Waals surface area contributed by atoms with Crippen LogP contribution in [0.3, 0.4) is 0 Å². The number of pyridine rings is 1. The largest absolute Gasteiger partial charge is 0.388 e. The number of halogens is 2. The summed E-state index contributed by atoms with van der Waals surface area (Å²) in [5.74, 6) is 0. The number of nitrogens with two attached hydrogens (primary N) is 1. The molecule has 0 spiro atoms. The summed E-state index contributed by atoms with van der Waals surface area (Å²) in [6, 6.07) is 1.85. The minimum Gasteiger partial charge on any atom is -0.388 e. The molecule has 0 amide bonds. The molecule has 58 valence electrons. The molecule has 0 radical (unpaired) electrons. The van der Waals surface area contributed by atoms with Crippen molar-refractivity contribution in [2.75, 3.05) is 0 Å². The zero-order chi connectivity index (χ0) is 8.43. The van der Waals surface area contributed by atoms with Crippen LogP contribution in [0.4, 0.5) is 0 Å². The molecule has 0 fully saturated rings. The molecule has 2 nitrogen and oxygen atoms in total. The Hall–Kier alpha value is -0.000000000000000111. The first-order chi connectivity index (χ1) is 5.11. The Bertz CT molecular complexity index is 301. The van der Waals surface area contributed by atoms with Crippen molar-refractivity contribution in [3.63, 3.8) is 0 Å². The fourth-order valence-corrected chi connectivity index (χ4v) is 2.09. The zero-order valence-electron chi connectivity index (χ0n) is 5.34. The van der Waals surface area contributed by atoms with Crippen LogP contribution in [-0.4, -0.2) is 9.97 Å². The van der Waals surface area contributed by atoms with Gasteiger partial charge < -0.3 is 5.73 Å². The lowest BCUT2D eigenvalue weighted by Crippen LogP contribution is -2.12. The summed E-state index contributed by atoms with van der Waals surface area (Å²) >= 11 is 11.3. The molecule has 0 saturated heterocycles. The van der Waals surface area contributed by atoms with Crippen molar-refractivity contribution >= 4 is 49.1 Å². The maximum absolute atomic E-state index is 5.39. The second kappa shape index (κ2) is 3.60. The lowest BCUT2D eigenvalue weighted by Gasteiger charge is -1.99. The minimum atomic E-state index is 0.296. The molecular weight excluding hydrogens is 292 g/mol. The molecule has 2 N–H and O–H groups in total. The van der Waals surface area contributed by atoms with Gasteiger partial charge in [-0.2, -0.15) is 0 Å². The van der Waals surface area contributed by atoms with E-state index in [1.807, 2.05) is 6.07 Å². The molecule has 5 heteroatoms. The van der Waals surface area contributed by atoms with Gasteiger partial charge in [-0.1, -0.05) is 12.2 Å². The van der Waals surface area contributed by atoms with Crippen molar-refractivity contribution < 1.29 is 0 Å². The lowest BCUT2D eigenvalue weighted by molar-refractivity contribution is 1.26. The van der Waals surface area contributed by atoms with Crippen LogP contribution in [0.25, 0.3) is 0 Å². The van der Waals surface area contributed by atoms with E-state index in [0.29, 0.717) is 10.7 Å². The van der Waals surface area contributed by atoms with Crippen LogP contribution in [0.2, 0.25) is 0 Å². The van der Waals surface area contributed by atoms with Crippen molar-refractivity contribution in [1.82, 2.24) is 4.98 Å². The first-order valence-corrected chi connectivity index (χ1v) is 4.71. The van der Waals surface area contributed by atoms with Gasteiger partial charge in [0.25, 0.3) is 0 Å². The SMILES string of the molecule is NC(=S)c1ncc(Br)cc1Br. The first-order valence-electron chi connectivity index (χ1n) is 2.72. The smallest absolute Gasteiger partial charge is 0.123 e. The molecule has 0 aliphatic rings. The van der Waals surface area contributed by atoms with Crippen molar-refractivity contribution in [1.29, 1.82) is 0 Å². The number of nitrogens with zero attached hydrogens (tertiary/aromatic N) is 1. The highest BCUT2D eigenvalue weighted by Gasteiger charge is 2.03. The van der Waals surface area contributed by atoms with Gasteiger partial charge in [0.1, 0.15) is 10.7 Å². The standard InChI is InChI=1S/C6H4Br2N2S/c7-3-1-4(8)5(6(9)11)10-2-3/h1-2H,(H2,9,11). The molecule has 0 saturated carbocycles. The summed E-state index contributed by atoms with van der Waals surface area (Å²) < 4.78 is 1.70. The van der Waals surface area contributed by atoms with Crippen LogP contribution in [0.5, 0.6) is 0 Å². The van der Waals surface area contributed by atoms with E-state index >= 15 is 0 Å². The third-order valence-electron chi connectivity index (χ3n) is 1.04. The molecule has 1 aromatic rings. The number of hydrogen-bond acceptors (Lipinski definition) is 2. The lowest BCUT2D eigenvalue weighted by atomic mass is 10.3. The van der Waals surface area contributed by atoms with E-state index in [2.05, 4.69) is 36.8 Å². The predicted octanol–water partition coefficient (Wildman–Crippen LogP) is 2.24. The number of rotatable bonds is 1. The molecule has 1 heterocycles. The number of aromatic nitrogens is 1. The Labute approximate surface area is 86.4 Å². The summed E-state index contributed by atoms with van der Waals surface area (Å²) in [4.78, 5) is 4.31. The van der Waals surface area contributed by atoms with E-state index in [4.69, 9.17) is 18.0 Å². The summed E-state index contributed by atoms with van der Waals surface area (Å²) in [7, 11) is 0.